The molecule has 0 spiro atoms. The van der Waals surface area contributed by atoms with Gasteiger partial charge in [0, 0.05) is 6.04 Å². The van der Waals surface area contributed by atoms with Crippen LogP contribution in [0.25, 0.3) is 0 Å². The van der Waals surface area contributed by atoms with Crippen LogP contribution in [0.1, 0.15) is 72.6 Å². The first-order chi connectivity index (χ1) is 7.22. The van der Waals surface area contributed by atoms with Gasteiger partial charge in [0.1, 0.15) is 0 Å². The summed E-state index contributed by atoms with van der Waals surface area (Å²) in [6, 6.07) is 0.744. The summed E-state index contributed by atoms with van der Waals surface area (Å²) in [7, 11) is 0. The Kier molecular flexibility index (Phi) is 10.4. The van der Waals surface area contributed by atoms with Crippen LogP contribution in [-0.2, 0) is 0 Å². The topological polar surface area (TPSA) is 12.0 Å². The molecule has 0 saturated carbocycles. The zero-order chi connectivity index (χ0) is 11.5. The van der Waals surface area contributed by atoms with Gasteiger partial charge in [0.2, 0.25) is 0 Å². The van der Waals surface area contributed by atoms with Crippen LogP contribution in [0.4, 0.5) is 0 Å². The normalized spacial score (nSPS) is 13.4. The number of hydrogen-bond acceptors (Lipinski definition) is 1. The predicted molar refractivity (Wildman–Crippen MR) is 70.3 cm³/mol. The molecule has 1 nitrogen and oxygen atoms in total. The molecule has 0 aliphatic heterocycles. The highest BCUT2D eigenvalue weighted by Crippen LogP contribution is 2.11. The Morgan fingerprint density at radius 1 is 0.867 bits per heavy atom. The molecule has 0 radical (unpaired) electrons. The van der Waals surface area contributed by atoms with E-state index in [1.165, 1.54) is 51.5 Å². The summed E-state index contributed by atoms with van der Waals surface area (Å²) in [4.78, 5) is 0. The van der Waals surface area contributed by atoms with Crippen molar-refractivity contribution in [1.29, 1.82) is 0 Å². The van der Waals surface area contributed by atoms with Crippen LogP contribution in [0.3, 0.4) is 0 Å². The van der Waals surface area contributed by atoms with Crippen molar-refractivity contribution in [2.24, 2.45) is 5.92 Å². The molecule has 0 aliphatic carbocycles. The second-order valence-electron chi connectivity index (χ2n) is 5.01. The first-order valence-electron chi connectivity index (χ1n) is 6.95. The fraction of sp³-hybridized carbons (Fsp3) is 1.00. The lowest BCUT2D eigenvalue weighted by Gasteiger charge is -2.22. The van der Waals surface area contributed by atoms with E-state index in [0.717, 1.165) is 12.0 Å². The van der Waals surface area contributed by atoms with E-state index in [1.54, 1.807) is 0 Å². The number of hydrogen-bond donors (Lipinski definition) is 1. The minimum atomic E-state index is 0.744. The van der Waals surface area contributed by atoms with E-state index in [1.807, 2.05) is 0 Å². The van der Waals surface area contributed by atoms with Crippen molar-refractivity contribution in [3.8, 4) is 0 Å². The minimum absolute atomic E-state index is 0.744. The van der Waals surface area contributed by atoms with Gasteiger partial charge in [0.25, 0.3) is 0 Å². The molecule has 0 saturated heterocycles. The average Bonchev–Trinajstić information content (AvgIpc) is 2.21. The molecule has 1 unspecified atom stereocenters. The van der Waals surface area contributed by atoms with Gasteiger partial charge in [-0.3, -0.25) is 0 Å². The van der Waals surface area contributed by atoms with Crippen molar-refractivity contribution in [3.05, 3.63) is 0 Å². The van der Waals surface area contributed by atoms with E-state index in [0.29, 0.717) is 0 Å². The van der Waals surface area contributed by atoms with Gasteiger partial charge in [-0.2, -0.15) is 0 Å². The van der Waals surface area contributed by atoms with Crippen molar-refractivity contribution in [3.63, 3.8) is 0 Å². The van der Waals surface area contributed by atoms with E-state index < -0.39 is 0 Å². The van der Waals surface area contributed by atoms with Crippen LogP contribution < -0.4 is 5.32 Å². The summed E-state index contributed by atoms with van der Waals surface area (Å²) < 4.78 is 0. The summed E-state index contributed by atoms with van der Waals surface area (Å²) in [5, 5.41) is 3.71. The van der Waals surface area contributed by atoms with Gasteiger partial charge in [0.05, 0.1) is 0 Å². The molecule has 0 rings (SSSR count). The maximum Gasteiger partial charge on any atom is 0.00900 e. The Morgan fingerprint density at radius 3 is 2.00 bits per heavy atom. The van der Waals surface area contributed by atoms with Gasteiger partial charge in [0.15, 0.2) is 0 Å². The summed E-state index contributed by atoms with van der Waals surface area (Å²) in [5.41, 5.74) is 0. The molecule has 15 heavy (non-hydrogen) atoms. The van der Waals surface area contributed by atoms with E-state index in [9.17, 15) is 0 Å². The Labute approximate surface area is 97.0 Å². The molecular weight excluding hydrogens is 182 g/mol. The highest BCUT2D eigenvalue weighted by atomic mass is 14.9. The molecule has 0 heterocycles. The first-order valence-corrected chi connectivity index (χ1v) is 6.95. The molecule has 92 valence electrons. The average molecular weight is 213 g/mol. The lowest BCUT2D eigenvalue weighted by atomic mass is 9.97. The lowest BCUT2D eigenvalue weighted by molar-refractivity contribution is 0.362. The van der Waals surface area contributed by atoms with E-state index in [4.69, 9.17) is 0 Å². The third-order valence-electron chi connectivity index (χ3n) is 3.11. The molecule has 1 heteroatoms. The Hall–Kier alpha value is -0.0400. The van der Waals surface area contributed by atoms with E-state index >= 15 is 0 Å². The number of nitrogens with one attached hydrogen (secondary N) is 1. The Bertz CT molecular complexity index is 121. The van der Waals surface area contributed by atoms with Crippen molar-refractivity contribution in [2.45, 2.75) is 78.7 Å². The summed E-state index contributed by atoms with van der Waals surface area (Å²) >= 11 is 0. The second-order valence-corrected chi connectivity index (χ2v) is 5.01. The van der Waals surface area contributed by atoms with E-state index in [-0.39, 0.29) is 0 Å². The monoisotopic (exact) mass is 213 g/mol. The van der Waals surface area contributed by atoms with Crippen LogP contribution in [0.2, 0.25) is 0 Å². The predicted octanol–water partition coefficient (Wildman–Crippen LogP) is 4.37. The van der Waals surface area contributed by atoms with Gasteiger partial charge >= 0.3 is 0 Å². The zero-order valence-electron chi connectivity index (χ0n) is 11.3. The molecule has 1 N–H and O–H groups in total. The third-order valence-corrected chi connectivity index (χ3v) is 3.11. The summed E-state index contributed by atoms with van der Waals surface area (Å²) in [6.45, 7) is 10.4. The highest BCUT2D eigenvalue weighted by Gasteiger charge is 2.11. The molecular formula is C14H31N. The molecule has 0 aliphatic rings. The fourth-order valence-electron chi connectivity index (χ4n) is 1.95. The Balaban J connectivity index is 3.54. The SMILES string of the molecule is CCCCCNC(CCCCC)C(C)C. The lowest BCUT2D eigenvalue weighted by Crippen LogP contribution is -2.34. The number of rotatable bonds is 10. The van der Waals surface area contributed by atoms with Crippen molar-refractivity contribution in [1.82, 2.24) is 5.32 Å². The Morgan fingerprint density at radius 2 is 1.47 bits per heavy atom. The van der Waals surface area contributed by atoms with Gasteiger partial charge in [-0.15, -0.1) is 0 Å². The quantitative estimate of drug-likeness (QED) is 0.531. The highest BCUT2D eigenvalue weighted by molar-refractivity contribution is 4.70. The number of unbranched alkanes of at least 4 members (excludes halogenated alkanes) is 4. The van der Waals surface area contributed by atoms with Crippen LogP contribution in [-0.4, -0.2) is 12.6 Å². The third kappa shape index (κ3) is 8.92. The second kappa shape index (κ2) is 10.5. The molecule has 0 bridgehead atoms. The smallest absolute Gasteiger partial charge is 0.00900 e. The van der Waals surface area contributed by atoms with Crippen LogP contribution in [0.15, 0.2) is 0 Å². The fourth-order valence-corrected chi connectivity index (χ4v) is 1.95. The first kappa shape index (κ1) is 15.0. The minimum Gasteiger partial charge on any atom is -0.314 e. The van der Waals surface area contributed by atoms with E-state index in [2.05, 4.69) is 33.0 Å². The van der Waals surface area contributed by atoms with Crippen LogP contribution >= 0.6 is 0 Å². The van der Waals surface area contributed by atoms with Gasteiger partial charge in [-0.05, 0) is 25.3 Å². The largest absolute Gasteiger partial charge is 0.314 e. The maximum atomic E-state index is 3.71. The zero-order valence-corrected chi connectivity index (χ0v) is 11.3. The molecule has 0 amide bonds. The van der Waals surface area contributed by atoms with Crippen molar-refractivity contribution >= 4 is 0 Å². The van der Waals surface area contributed by atoms with Crippen molar-refractivity contribution in [2.75, 3.05) is 6.54 Å². The molecule has 0 aromatic heterocycles. The van der Waals surface area contributed by atoms with Gasteiger partial charge in [-0.25, -0.2) is 0 Å². The molecule has 0 fully saturated rings. The van der Waals surface area contributed by atoms with Crippen molar-refractivity contribution < 1.29 is 0 Å². The van der Waals surface area contributed by atoms with Gasteiger partial charge in [-0.1, -0.05) is 59.8 Å². The molecule has 1 atom stereocenters. The molecule has 0 aromatic rings. The summed E-state index contributed by atoms with van der Waals surface area (Å²) in [6.07, 6.45) is 9.50. The van der Waals surface area contributed by atoms with Crippen LogP contribution in [0, 0.1) is 5.92 Å². The van der Waals surface area contributed by atoms with Gasteiger partial charge < -0.3 is 5.32 Å². The standard InChI is InChI=1S/C14H31N/c1-5-7-9-11-14(13(3)4)15-12-10-8-6-2/h13-15H,5-12H2,1-4H3. The summed E-state index contributed by atoms with van der Waals surface area (Å²) in [5.74, 6) is 0.781. The molecule has 0 aromatic carbocycles. The maximum absolute atomic E-state index is 3.71. The van der Waals surface area contributed by atoms with Crippen LogP contribution in [0.5, 0.6) is 0 Å².